The Kier molecular flexibility index (Phi) is 13.9. The number of ketones is 1. The summed E-state index contributed by atoms with van der Waals surface area (Å²) in [7, 11) is -2.50. The number of halogens is 3. The number of hydrogen-bond acceptors (Lipinski definition) is 12. The van der Waals surface area contributed by atoms with Gasteiger partial charge in [-0.2, -0.15) is 13.2 Å². The van der Waals surface area contributed by atoms with Crippen LogP contribution < -0.4 is 19.1 Å². The molecule has 7 atom stereocenters. The molecule has 3 aromatic rings. The van der Waals surface area contributed by atoms with Gasteiger partial charge in [0.15, 0.2) is 5.78 Å². The molecule has 374 valence electrons. The highest BCUT2D eigenvalue weighted by atomic mass is 32.2. The monoisotopic (exact) mass is 980 g/mol. The smallest absolute Gasteiger partial charge is 0.427 e. The van der Waals surface area contributed by atoms with E-state index in [9.17, 15) is 36.0 Å². The van der Waals surface area contributed by atoms with Crippen LogP contribution in [-0.4, -0.2) is 110 Å². The Morgan fingerprint density at radius 3 is 2.38 bits per heavy atom. The van der Waals surface area contributed by atoms with Gasteiger partial charge >= 0.3 is 12.1 Å². The number of alkyl halides is 3. The van der Waals surface area contributed by atoms with Gasteiger partial charge in [0, 0.05) is 42.6 Å². The number of carbonyl (C=O) groups excluding carboxylic acids is 4. The van der Waals surface area contributed by atoms with E-state index in [2.05, 4.69) is 9.62 Å². The first kappa shape index (κ1) is 50.2. The highest BCUT2D eigenvalue weighted by Crippen LogP contribution is 2.58. The number of methoxy groups -OCH3 is 1. The molecule has 0 spiro atoms. The van der Waals surface area contributed by atoms with Gasteiger partial charge in [-0.3, -0.25) is 23.9 Å². The number of nitrogens with zero attached hydrogens (tertiary/aromatic N) is 3. The van der Waals surface area contributed by atoms with Crippen molar-refractivity contribution in [1.29, 1.82) is 0 Å². The predicted octanol–water partition coefficient (Wildman–Crippen LogP) is 7.96. The van der Waals surface area contributed by atoms with Crippen molar-refractivity contribution in [3.63, 3.8) is 0 Å². The van der Waals surface area contributed by atoms with Crippen LogP contribution in [0.5, 0.6) is 11.6 Å². The Bertz CT molecular complexity index is 2600. The van der Waals surface area contributed by atoms with Crippen molar-refractivity contribution in [2.45, 2.75) is 121 Å². The molecule has 2 amide bonds. The van der Waals surface area contributed by atoms with Gasteiger partial charge < -0.3 is 28.7 Å². The van der Waals surface area contributed by atoms with Crippen LogP contribution in [0.3, 0.4) is 0 Å². The lowest BCUT2D eigenvalue weighted by atomic mass is 9.82. The van der Waals surface area contributed by atoms with Crippen LogP contribution in [-0.2, 0) is 38.7 Å². The molecule has 0 bridgehead atoms. The summed E-state index contributed by atoms with van der Waals surface area (Å²) >= 11 is 0. The summed E-state index contributed by atoms with van der Waals surface area (Å²) in [6.45, 7) is 9.46. The maximum atomic E-state index is 15.2. The summed E-state index contributed by atoms with van der Waals surface area (Å²) in [6.07, 6.45) is -0.421. The number of pyridine rings is 1. The topological polar surface area (TPSA) is 171 Å². The fourth-order valence-electron chi connectivity index (χ4n) is 10.0. The van der Waals surface area contributed by atoms with E-state index >= 15 is 4.79 Å². The number of benzene rings is 2. The number of allylic oxidation sites excluding steroid dienone is 2. The summed E-state index contributed by atoms with van der Waals surface area (Å²) in [5.41, 5.74) is -1.82. The number of esters is 1. The van der Waals surface area contributed by atoms with Gasteiger partial charge in [-0.05, 0) is 119 Å². The van der Waals surface area contributed by atoms with Gasteiger partial charge in [-0.15, -0.1) is 0 Å². The lowest BCUT2D eigenvalue weighted by molar-refractivity contribution is -0.257. The van der Waals surface area contributed by atoms with Gasteiger partial charge in [0.1, 0.15) is 11.9 Å². The minimum Gasteiger partial charge on any atom is -0.497 e. The molecule has 69 heavy (non-hydrogen) atoms. The fourth-order valence-corrected chi connectivity index (χ4v) is 11.4. The summed E-state index contributed by atoms with van der Waals surface area (Å²) < 4.78 is 92.7. The Labute approximate surface area is 401 Å². The largest absolute Gasteiger partial charge is 0.497 e. The number of fused-ring (bicyclic) bond motifs is 3. The number of amides is 2. The Balaban J connectivity index is 1.15. The summed E-state index contributed by atoms with van der Waals surface area (Å²) in [4.78, 5) is 66.4. The first-order chi connectivity index (χ1) is 32.5. The molecule has 2 aromatic carbocycles. The van der Waals surface area contributed by atoms with Crippen molar-refractivity contribution in [3.05, 3.63) is 60.7 Å². The average molecular weight is 981 g/mol. The normalized spacial score (nSPS) is 28.1. The third-order valence-electron chi connectivity index (χ3n) is 15.1. The van der Waals surface area contributed by atoms with Crippen LogP contribution in [0.4, 0.5) is 18.9 Å². The summed E-state index contributed by atoms with van der Waals surface area (Å²) in [5, 5.41) is 1.36. The van der Waals surface area contributed by atoms with E-state index in [0.717, 1.165) is 43.6 Å². The van der Waals surface area contributed by atoms with Crippen molar-refractivity contribution in [2.75, 3.05) is 44.9 Å². The molecule has 1 aromatic heterocycles. The molecule has 18 heteroatoms. The van der Waals surface area contributed by atoms with E-state index in [0.29, 0.717) is 62.1 Å². The molecule has 14 nitrogen and oxygen atoms in total. The van der Waals surface area contributed by atoms with Crippen LogP contribution in [0.25, 0.3) is 22.0 Å². The van der Waals surface area contributed by atoms with E-state index < -0.39 is 98.3 Å². The first-order valence-corrected chi connectivity index (χ1v) is 25.5. The van der Waals surface area contributed by atoms with Gasteiger partial charge in [0.2, 0.25) is 33.3 Å². The van der Waals surface area contributed by atoms with Gasteiger partial charge in [-0.25, -0.2) is 13.4 Å². The second kappa shape index (κ2) is 19.2. The highest BCUT2D eigenvalue weighted by molar-refractivity contribution is 7.91. The van der Waals surface area contributed by atoms with E-state index in [4.69, 9.17) is 23.9 Å². The number of morpholine rings is 1. The summed E-state index contributed by atoms with van der Waals surface area (Å²) in [5.74, 6) is -4.51. The van der Waals surface area contributed by atoms with Crippen molar-refractivity contribution >= 4 is 50.1 Å². The molecule has 2 saturated carbocycles. The number of ether oxygens (including phenoxy) is 4. The molecule has 4 fully saturated rings. The molecule has 8 rings (SSSR count). The minimum absolute atomic E-state index is 0.00248. The molecule has 4 heterocycles. The van der Waals surface area contributed by atoms with E-state index in [1.807, 2.05) is 55.5 Å². The van der Waals surface area contributed by atoms with Crippen molar-refractivity contribution in [3.8, 4) is 22.9 Å². The van der Waals surface area contributed by atoms with Crippen molar-refractivity contribution in [2.24, 2.45) is 29.1 Å². The zero-order valence-electron chi connectivity index (χ0n) is 40.1. The number of sulfonamides is 1. The van der Waals surface area contributed by atoms with Crippen molar-refractivity contribution in [1.82, 2.24) is 14.6 Å². The zero-order chi connectivity index (χ0) is 49.7. The maximum absolute atomic E-state index is 15.2. The minimum atomic E-state index is -4.88. The Morgan fingerprint density at radius 1 is 1.00 bits per heavy atom. The third-order valence-corrected chi connectivity index (χ3v) is 17.2. The number of anilines is 1. The SMILES string of the molecule is COc1ccc2c(OC3C[C@H]4C(=O)C[C@]5(C(=O)NS(=O)(=O)C6(C)CC6)C[C@H]5/C=C\CC[C@@H](C)C[C@@H](C)[C@H](CC(=O)OC(C)(C)C(F)(F)F)C(=O)N4C3)nc(-c3ccc(N4CCOCC4)cc3)cc2c1. The molecule has 1 unspecified atom stereocenters. The average Bonchev–Trinajstić information content (AvgIpc) is 4.19. The molecular formula is C51H63F3N4O10S. The van der Waals surface area contributed by atoms with Gasteiger partial charge in [-0.1, -0.05) is 38.1 Å². The molecule has 3 aliphatic heterocycles. The van der Waals surface area contributed by atoms with E-state index in [-0.39, 0.29) is 31.2 Å². The first-order valence-electron chi connectivity index (χ1n) is 24.0. The van der Waals surface area contributed by atoms with Gasteiger partial charge in [0.05, 0.1) is 61.1 Å². The van der Waals surface area contributed by atoms with Crippen LogP contribution in [0.15, 0.2) is 60.7 Å². The number of carbonyl (C=O) groups is 4. The number of aromatic nitrogens is 1. The summed E-state index contributed by atoms with van der Waals surface area (Å²) in [6, 6.07) is 14.1. The zero-order valence-corrected chi connectivity index (χ0v) is 40.9. The lowest BCUT2D eigenvalue weighted by Gasteiger charge is -2.33. The third kappa shape index (κ3) is 10.6. The van der Waals surface area contributed by atoms with Crippen LogP contribution in [0.2, 0.25) is 0 Å². The van der Waals surface area contributed by atoms with Crippen molar-refractivity contribution < 1.29 is 59.7 Å². The standard InChI is InChI=1S/C51H63F3N4O10S/c1-31-9-7-8-10-35-28-50(35,47(62)56-69(63,64)49(5)17-18-49)29-43(59)42-26-38(30-58(42)46(61)40(32(2)23-31)27-44(60)68-48(3,4)51(52,53)54)67-45-39-16-15-37(65-6)24-34(39)25-41(55-45)33-11-13-36(14-12-33)57-19-21-66-22-20-57/h8,10-16,24-25,31-32,35,38,40,42H,7,9,17-23,26-30H2,1-6H3,(H,56,62)/b10-8-/t31-,32-,35-,38?,40+,42+,50-/m1/s1. The Morgan fingerprint density at radius 2 is 1.71 bits per heavy atom. The number of Topliss-reactive ketones (excluding diaryl/α,β-unsaturated/α-hetero) is 1. The fraction of sp³-hybridized carbons (Fsp3) is 0.588. The van der Waals surface area contributed by atoms with E-state index in [1.165, 1.54) is 4.90 Å². The molecular weight excluding hydrogens is 918 g/mol. The molecule has 1 N–H and O–H groups in total. The molecule has 5 aliphatic rings. The molecule has 2 saturated heterocycles. The van der Waals surface area contributed by atoms with E-state index in [1.54, 1.807) is 33.1 Å². The molecule has 0 radical (unpaired) electrons. The van der Waals surface area contributed by atoms with Gasteiger partial charge in [0.25, 0.3) is 0 Å². The lowest BCUT2D eigenvalue weighted by Crippen LogP contribution is -2.48. The van der Waals surface area contributed by atoms with Crippen LogP contribution in [0.1, 0.15) is 92.4 Å². The maximum Gasteiger partial charge on any atom is 0.427 e. The second-order valence-electron chi connectivity index (χ2n) is 20.6. The number of rotatable bonds is 11. The molecule has 2 aliphatic carbocycles. The number of nitrogens with one attached hydrogen (secondary N) is 1. The quantitative estimate of drug-likeness (QED) is 0.146. The van der Waals surface area contributed by atoms with Crippen LogP contribution in [0, 0.1) is 29.1 Å². The highest BCUT2D eigenvalue weighted by Gasteiger charge is 2.63. The van der Waals surface area contributed by atoms with Crippen LogP contribution >= 0.6 is 0 Å². The number of hydrogen-bond donors (Lipinski definition) is 1. The Hall–Kier alpha value is -5.23. The predicted molar refractivity (Wildman–Crippen MR) is 252 cm³/mol. The second-order valence-corrected chi connectivity index (χ2v) is 22.8.